The number of aromatic nitrogens is 1. The standard InChI is InChI=1S/C13H12F3NO/c1-8(18)4-9-2-3-11-10(5-9)6-17-7-12(11)13(14,15)16/h2-3,5-8,18H,4H2,1H3. The quantitative estimate of drug-likeness (QED) is 0.894. The maximum Gasteiger partial charge on any atom is 0.418 e. The molecule has 0 saturated heterocycles. The fourth-order valence-electron chi connectivity index (χ4n) is 1.92. The van der Waals surface area contributed by atoms with Crippen molar-refractivity contribution in [3.05, 3.63) is 41.7 Å². The number of hydrogen-bond acceptors (Lipinski definition) is 2. The molecule has 2 aromatic rings. The number of alkyl halides is 3. The van der Waals surface area contributed by atoms with Crippen molar-refractivity contribution in [2.45, 2.75) is 25.6 Å². The van der Waals surface area contributed by atoms with Crippen molar-refractivity contribution in [1.82, 2.24) is 4.98 Å². The average Bonchev–Trinajstić information content (AvgIpc) is 2.25. The van der Waals surface area contributed by atoms with E-state index < -0.39 is 17.8 Å². The summed E-state index contributed by atoms with van der Waals surface area (Å²) in [5.41, 5.74) is 0.0576. The number of nitrogens with zero attached hydrogens (tertiary/aromatic N) is 1. The van der Waals surface area contributed by atoms with Crippen LogP contribution in [0.2, 0.25) is 0 Å². The van der Waals surface area contributed by atoms with E-state index in [2.05, 4.69) is 4.98 Å². The molecule has 2 rings (SSSR count). The van der Waals surface area contributed by atoms with Crippen molar-refractivity contribution in [2.24, 2.45) is 0 Å². The molecule has 0 radical (unpaired) electrons. The van der Waals surface area contributed by atoms with Crippen LogP contribution in [0.5, 0.6) is 0 Å². The molecule has 1 aromatic carbocycles. The molecule has 2 nitrogen and oxygen atoms in total. The number of aliphatic hydroxyl groups is 1. The van der Waals surface area contributed by atoms with Crippen LogP contribution in [-0.4, -0.2) is 16.2 Å². The van der Waals surface area contributed by atoms with Crippen LogP contribution in [0.25, 0.3) is 10.8 Å². The molecule has 1 atom stereocenters. The second kappa shape index (κ2) is 4.57. The Bertz CT molecular complexity index is 564. The van der Waals surface area contributed by atoms with Crippen LogP contribution < -0.4 is 0 Å². The van der Waals surface area contributed by atoms with Crippen LogP contribution in [0, 0.1) is 0 Å². The highest BCUT2D eigenvalue weighted by Gasteiger charge is 2.32. The van der Waals surface area contributed by atoms with Gasteiger partial charge in [0.05, 0.1) is 11.7 Å². The molecule has 0 saturated carbocycles. The molecule has 5 heteroatoms. The largest absolute Gasteiger partial charge is 0.418 e. The predicted molar refractivity (Wildman–Crippen MR) is 62.1 cm³/mol. The van der Waals surface area contributed by atoms with E-state index in [1.807, 2.05) is 0 Å². The van der Waals surface area contributed by atoms with Gasteiger partial charge in [-0.3, -0.25) is 4.98 Å². The zero-order valence-corrected chi connectivity index (χ0v) is 9.70. The molecular formula is C13H12F3NO. The molecule has 0 amide bonds. The van der Waals surface area contributed by atoms with Crippen LogP contribution in [0.15, 0.2) is 30.6 Å². The third-order valence-electron chi connectivity index (χ3n) is 2.66. The van der Waals surface area contributed by atoms with Gasteiger partial charge in [-0.2, -0.15) is 13.2 Å². The number of pyridine rings is 1. The topological polar surface area (TPSA) is 33.1 Å². The first-order chi connectivity index (χ1) is 8.38. The fourth-order valence-corrected chi connectivity index (χ4v) is 1.92. The first kappa shape index (κ1) is 12.8. The van der Waals surface area contributed by atoms with Gasteiger partial charge in [0, 0.05) is 17.8 Å². The SMILES string of the molecule is CC(O)Cc1ccc2c(C(F)(F)F)cncc2c1. The summed E-state index contributed by atoms with van der Waals surface area (Å²) in [5.74, 6) is 0. The smallest absolute Gasteiger partial charge is 0.393 e. The highest BCUT2D eigenvalue weighted by molar-refractivity contribution is 5.85. The molecular weight excluding hydrogens is 243 g/mol. The molecule has 0 aliphatic carbocycles. The van der Waals surface area contributed by atoms with Gasteiger partial charge in [-0.1, -0.05) is 12.1 Å². The Hall–Kier alpha value is -1.62. The van der Waals surface area contributed by atoms with E-state index in [0.717, 1.165) is 11.8 Å². The van der Waals surface area contributed by atoms with E-state index in [4.69, 9.17) is 0 Å². The van der Waals surface area contributed by atoms with Crippen molar-refractivity contribution >= 4 is 10.8 Å². The van der Waals surface area contributed by atoms with E-state index in [-0.39, 0.29) is 5.39 Å². The number of rotatable bonds is 2. The van der Waals surface area contributed by atoms with Crippen LogP contribution in [-0.2, 0) is 12.6 Å². The van der Waals surface area contributed by atoms with E-state index in [0.29, 0.717) is 11.8 Å². The number of fused-ring (bicyclic) bond motifs is 1. The minimum Gasteiger partial charge on any atom is -0.393 e. The second-order valence-electron chi connectivity index (χ2n) is 4.29. The lowest BCUT2D eigenvalue weighted by Gasteiger charge is -2.11. The highest BCUT2D eigenvalue weighted by Crippen LogP contribution is 2.34. The summed E-state index contributed by atoms with van der Waals surface area (Å²) in [6, 6.07) is 4.66. The molecule has 0 fully saturated rings. The van der Waals surface area contributed by atoms with E-state index >= 15 is 0 Å². The van der Waals surface area contributed by atoms with Crippen molar-refractivity contribution in [3.63, 3.8) is 0 Å². The molecule has 18 heavy (non-hydrogen) atoms. The molecule has 1 aromatic heterocycles. The summed E-state index contributed by atoms with van der Waals surface area (Å²) in [6.45, 7) is 1.63. The van der Waals surface area contributed by atoms with Crippen LogP contribution >= 0.6 is 0 Å². The molecule has 0 bridgehead atoms. The third-order valence-corrected chi connectivity index (χ3v) is 2.66. The molecule has 1 N–H and O–H groups in total. The van der Waals surface area contributed by atoms with Crippen molar-refractivity contribution in [2.75, 3.05) is 0 Å². The molecule has 0 spiro atoms. The lowest BCUT2D eigenvalue weighted by Crippen LogP contribution is -2.07. The van der Waals surface area contributed by atoms with Gasteiger partial charge in [0.25, 0.3) is 0 Å². The maximum absolute atomic E-state index is 12.7. The number of aliphatic hydroxyl groups excluding tert-OH is 1. The summed E-state index contributed by atoms with van der Waals surface area (Å²) >= 11 is 0. The number of halogens is 3. The predicted octanol–water partition coefficient (Wildman–Crippen LogP) is 3.18. The van der Waals surface area contributed by atoms with Crippen LogP contribution in [0.4, 0.5) is 13.2 Å². The highest BCUT2D eigenvalue weighted by atomic mass is 19.4. The zero-order valence-electron chi connectivity index (χ0n) is 9.70. The average molecular weight is 255 g/mol. The Labute approximate surface area is 102 Å². The van der Waals surface area contributed by atoms with Gasteiger partial charge in [-0.05, 0) is 30.4 Å². The Morgan fingerprint density at radius 3 is 2.61 bits per heavy atom. The molecule has 1 unspecified atom stereocenters. The van der Waals surface area contributed by atoms with Crippen molar-refractivity contribution < 1.29 is 18.3 Å². The Balaban J connectivity index is 2.53. The minimum atomic E-state index is -4.40. The Kier molecular flexibility index (Phi) is 3.26. The number of hydrogen-bond donors (Lipinski definition) is 1. The van der Waals surface area contributed by atoms with Crippen molar-refractivity contribution in [3.8, 4) is 0 Å². The maximum atomic E-state index is 12.7. The van der Waals surface area contributed by atoms with Gasteiger partial charge < -0.3 is 5.11 Å². The zero-order chi connectivity index (χ0) is 13.3. The van der Waals surface area contributed by atoms with E-state index in [9.17, 15) is 18.3 Å². The third kappa shape index (κ3) is 2.61. The molecule has 1 heterocycles. The fraction of sp³-hybridized carbons (Fsp3) is 0.308. The molecule has 0 aliphatic rings. The monoisotopic (exact) mass is 255 g/mol. The lowest BCUT2D eigenvalue weighted by molar-refractivity contribution is -0.136. The second-order valence-corrected chi connectivity index (χ2v) is 4.29. The Morgan fingerprint density at radius 1 is 1.28 bits per heavy atom. The van der Waals surface area contributed by atoms with Crippen LogP contribution in [0.3, 0.4) is 0 Å². The van der Waals surface area contributed by atoms with Gasteiger partial charge in [0.2, 0.25) is 0 Å². The van der Waals surface area contributed by atoms with E-state index in [1.54, 1.807) is 19.1 Å². The van der Waals surface area contributed by atoms with Crippen LogP contribution in [0.1, 0.15) is 18.1 Å². The summed E-state index contributed by atoms with van der Waals surface area (Å²) < 4.78 is 38.2. The van der Waals surface area contributed by atoms with Gasteiger partial charge >= 0.3 is 6.18 Å². The lowest BCUT2D eigenvalue weighted by atomic mass is 10.0. The minimum absolute atomic E-state index is 0.131. The normalized spacial score (nSPS) is 13.8. The van der Waals surface area contributed by atoms with E-state index in [1.165, 1.54) is 12.3 Å². The summed E-state index contributed by atoms with van der Waals surface area (Å²) in [7, 11) is 0. The van der Waals surface area contributed by atoms with Crippen molar-refractivity contribution in [1.29, 1.82) is 0 Å². The van der Waals surface area contributed by atoms with Gasteiger partial charge in [0.15, 0.2) is 0 Å². The number of benzene rings is 1. The Morgan fingerprint density at radius 2 is 2.00 bits per heavy atom. The van der Waals surface area contributed by atoms with Gasteiger partial charge in [0.1, 0.15) is 0 Å². The molecule has 0 aliphatic heterocycles. The summed E-state index contributed by atoms with van der Waals surface area (Å²) in [4.78, 5) is 3.62. The summed E-state index contributed by atoms with van der Waals surface area (Å²) in [6.07, 6.45) is -2.29. The first-order valence-electron chi connectivity index (χ1n) is 5.50. The van der Waals surface area contributed by atoms with Gasteiger partial charge in [-0.25, -0.2) is 0 Å². The summed E-state index contributed by atoms with van der Waals surface area (Å²) in [5, 5.41) is 9.83. The molecule has 96 valence electrons. The van der Waals surface area contributed by atoms with Gasteiger partial charge in [-0.15, -0.1) is 0 Å². The first-order valence-corrected chi connectivity index (χ1v) is 5.50.